The van der Waals surface area contributed by atoms with Crippen LogP contribution >= 0.6 is 0 Å². The molecule has 0 aromatic heterocycles. The first kappa shape index (κ1) is 11.0. The van der Waals surface area contributed by atoms with Crippen molar-refractivity contribution in [1.29, 1.82) is 0 Å². The summed E-state index contributed by atoms with van der Waals surface area (Å²) in [6, 6.07) is 7.58. The monoisotopic (exact) mass is 218 g/mol. The number of anilines is 1. The lowest BCUT2D eigenvalue weighted by molar-refractivity contribution is 0.0851. The zero-order valence-electron chi connectivity index (χ0n) is 9.84. The van der Waals surface area contributed by atoms with Gasteiger partial charge in [-0.25, -0.2) is 0 Å². The highest BCUT2D eigenvalue weighted by molar-refractivity contribution is 6.00. The summed E-state index contributed by atoms with van der Waals surface area (Å²) in [4.78, 5) is 12.1. The second kappa shape index (κ2) is 4.16. The summed E-state index contributed by atoms with van der Waals surface area (Å²) in [5.41, 5.74) is 1.61. The Bertz CT molecular complexity index is 397. The average Bonchev–Trinajstić information content (AvgIpc) is 2.26. The molecule has 1 aliphatic rings. The van der Waals surface area contributed by atoms with Crippen molar-refractivity contribution >= 4 is 11.6 Å². The average molecular weight is 218 g/mol. The Balaban J connectivity index is 2.14. The Kier molecular flexibility index (Phi) is 2.86. The van der Waals surface area contributed by atoms with Crippen LogP contribution in [-0.4, -0.2) is 18.5 Å². The molecule has 16 heavy (non-hydrogen) atoms. The molecule has 2 N–H and O–H groups in total. The van der Waals surface area contributed by atoms with E-state index in [1.165, 1.54) is 6.42 Å². The second-order valence-electron chi connectivity index (χ2n) is 4.66. The van der Waals surface area contributed by atoms with Crippen LogP contribution in [0.3, 0.4) is 0 Å². The first-order valence-electron chi connectivity index (χ1n) is 5.74. The van der Waals surface area contributed by atoms with Gasteiger partial charge in [-0.2, -0.15) is 0 Å². The van der Waals surface area contributed by atoms with E-state index in [0.29, 0.717) is 0 Å². The molecule has 3 heteroatoms. The highest BCUT2D eigenvalue weighted by Gasteiger charge is 2.33. The van der Waals surface area contributed by atoms with E-state index in [1.54, 1.807) is 0 Å². The molecule has 0 radical (unpaired) electrons. The van der Waals surface area contributed by atoms with Gasteiger partial charge in [0.2, 0.25) is 0 Å². The van der Waals surface area contributed by atoms with Gasteiger partial charge in [0.25, 0.3) is 5.91 Å². The minimum absolute atomic E-state index is 0.0118. The van der Waals surface area contributed by atoms with Crippen molar-refractivity contribution in [2.24, 2.45) is 0 Å². The van der Waals surface area contributed by atoms with Gasteiger partial charge in [0.1, 0.15) is 0 Å². The van der Waals surface area contributed by atoms with Crippen LogP contribution in [0.1, 0.15) is 36.5 Å². The van der Waals surface area contributed by atoms with Gasteiger partial charge in [-0.05, 0) is 38.3 Å². The SMILES string of the molecule is CNc1ccccc1C(=O)NC1(C)CCC1. The van der Waals surface area contributed by atoms with Gasteiger partial charge >= 0.3 is 0 Å². The number of hydrogen-bond acceptors (Lipinski definition) is 2. The first-order chi connectivity index (χ1) is 7.64. The molecule has 1 saturated carbocycles. The minimum atomic E-state index is 0.0118. The van der Waals surface area contributed by atoms with Gasteiger partial charge in [-0.1, -0.05) is 12.1 Å². The lowest BCUT2D eigenvalue weighted by atomic mass is 9.78. The largest absolute Gasteiger partial charge is 0.387 e. The Labute approximate surface area is 96.2 Å². The summed E-state index contributed by atoms with van der Waals surface area (Å²) in [5.74, 6) is 0.0205. The first-order valence-corrected chi connectivity index (χ1v) is 5.74. The Morgan fingerprint density at radius 3 is 2.56 bits per heavy atom. The van der Waals surface area contributed by atoms with Gasteiger partial charge in [-0.15, -0.1) is 0 Å². The summed E-state index contributed by atoms with van der Waals surface area (Å²) in [7, 11) is 1.83. The number of carbonyl (C=O) groups is 1. The fourth-order valence-corrected chi connectivity index (χ4v) is 2.07. The van der Waals surface area contributed by atoms with Crippen LogP contribution in [0, 0.1) is 0 Å². The van der Waals surface area contributed by atoms with Crippen molar-refractivity contribution in [1.82, 2.24) is 5.32 Å². The fourth-order valence-electron chi connectivity index (χ4n) is 2.07. The van der Waals surface area contributed by atoms with Crippen LogP contribution in [0.25, 0.3) is 0 Å². The molecule has 1 aromatic carbocycles. The maximum atomic E-state index is 12.1. The number of amides is 1. The standard InChI is InChI=1S/C13H18N2O/c1-13(8-5-9-13)15-12(16)10-6-3-4-7-11(10)14-2/h3-4,6-7,14H,5,8-9H2,1-2H3,(H,15,16). The van der Waals surface area contributed by atoms with Crippen molar-refractivity contribution in [2.45, 2.75) is 31.7 Å². The third-order valence-electron chi connectivity index (χ3n) is 3.31. The van der Waals surface area contributed by atoms with Crippen LogP contribution in [0.15, 0.2) is 24.3 Å². The van der Waals surface area contributed by atoms with E-state index in [1.807, 2.05) is 31.3 Å². The molecular formula is C13H18N2O. The normalized spacial score (nSPS) is 17.4. The quantitative estimate of drug-likeness (QED) is 0.818. The summed E-state index contributed by atoms with van der Waals surface area (Å²) >= 11 is 0. The van der Waals surface area contributed by atoms with Gasteiger partial charge < -0.3 is 10.6 Å². The number of nitrogens with one attached hydrogen (secondary N) is 2. The van der Waals surface area contributed by atoms with Gasteiger partial charge in [0.05, 0.1) is 5.56 Å². The molecule has 0 atom stereocenters. The number of benzene rings is 1. The molecule has 0 aliphatic heterocycles. The lowest BCUT2D eigenvalue weighted by Crippen LogP contribution is -2.51. The van der Waals surface area contributed by atoms with Crippen LogP contribution in [-0.2, 0) is 0 Å². The predicted octanol–water partition coefficient (Wildman–Crippen LogP) is 2.40. The van der Waals surface area contributed by atoms with Crippen LogP contribution < -0.4 is 10.6 Å². The molecule has 0 spiro atoms. The molecule has 2 rings (SSSR count). The van der Waals surface area contributed by atoms with Crippen molar-refractivity contribution in [3.8, 4) is 0 Å². The third-order valence-corrected chi connectivity index (χ3v) is 3.31. The van der Waals surface area contributed by atoms with E-state index >= 15 is 0 Å². The Morgan fingerprint density at radius 1 is 1.31 bits per heavy atom. The van der Waals surface area contributed by atoms with Crippen molar-refractivity contribution in [3.63, 3.8) is 0 Å². The number of carbonyl (C=O) groups excluding carboxylic acids is 1. The maximum absolute atomic E-state index is 12.1. The maximum Gasteiger partial charge on any atom is 0.253 e. The second-order valence-corrected chi connectivity index (χ2v) is 4.66. The fraction of sp³-hybridized carbons (Fsp3) is 0.462. The van der Waals surface area contributed by atoms with Crippen molar-refractivity contribution in [2.75, 3.05) is 12.4 Å². The lowest BCUT2D eigenvalue weighted by Gasteiger charge is -2.39. The zero-order chi connectivity index (χ0) is 11.6. The molecule has 0 heterocycles. The topological polar surface area (TPSA) is 41.1 Å². The van der Waals surface area contributed by atoms with Gasteiger partial charge in [0, 0.05) is 18.3 Å². The van der Waals surface area contributed by atoms with E-state index in [-0.39, 0.29) is 11.4 Å². The van der Waals surface area contributed by atoms with E-state index in [2.05, 4.69) is 17.6 Å². The van der Waals surface area contributed by atoms with Crippen LogP contribution in [0.4, 0.5) is 5.69 Å². The van der Waals surface area contributed by atoms with Gasteiger partial charge in [0.15, 0.2) is 0 Å². The molecule has 0 bridgehead atoms. The summed E-state index contributed by atoms with van der Waals surface area (Å²) in [6.07, 6.45) is 3.38. The third kappa shape index (κ3) is 2.03. The number of hydrogen-bond donors (Lipinski definition) is 2. The molecular weight excluding hydrogens is 200 g/mol. The molecule has 1 amide bonds. The van der Waals surface area contributed by atoms with Gasteiger partial charge in [-0.3, -0.25) is 4.79 Å². The summed E-state index contributed by atoms with van der Waals surface area (Å²) in [5, 5.41) is 6.14. The molecule has 3 nitrogen and oxygen atoms in total. The molecule has 1 aromatic rings. The molecule has 1 aliphatic carbocycles. The van der Waals surface area contributed by atoms with Crippen LogP contribution in [0.5, 0.6) is 0 Å². The van der Waals surface area contributed by atoms with E-state index in [0.717, 1.165) is 24.1 Å². The number of para-hydroxylation sites is 1. The molecule has 86 valence electrons. The van der Waals surface area contributed by atoms with Crippen molar-refractivity contribution < 1.29 is 4.79 Å². The minimum Gasteiger partial charge on any atom is -0.387 e. The molecule has 1 fully saturated rings. The summed E-state index contributed by atoms with van der Waals surface area (Å²) < 4.78 is 0. The highest BCUT2D eigenvalue weighted by atomic mass is 16.1. The number of rotatable bonds is 3. The zero-order valence-corrected chi connectivity index (χ0v) is 9.84. The van der Waals surface area contributed by atoms with E-state index in [4.69, 9.17) is 0 Å². The van der Waals surface area contributed by atoms with Crippen molar-refractivity contribution in [3.05, 3.63) is 29.8 Å². The highest BCUT2D eigenvalue weighted by Crippen LogP contribution is 2.31. The smallest absolute Gasteiger partial charge is 0.253 e. The summed E-state index contributed by atoms with van der Waals surface area (Å²) in [6.45, 7) is 2.11. The Morgan fingerprint density at radius 2 is 2.00 bits per heavy atom. The van der Waals surface area contributed by atoms with E-state index < -0.39 is 0 Å². The molecule has 0 saturated heterocycles. The Hall–Kier alpha value is -1.51. The van der Waals surface area contributed by atoms with E-state index in [9.17, 15) is 4.79 Å². The predicted molar refractivity (Wildman–Crippen MR) is 65.7 cm³/mol. The van der Waals surface area contributed by atoms with Crippen LogP contribution in [0.2, 0.25) is 0 Å². The molecule has 0 unspecified atom stereocenters.